The number of phenols is 2. The summed E-state index contributed by atoms with van der Waals surface area (Å²) in [7, 11) is 0. The molecule has 1 aromatic rings. The van der Waals surface area contributed by atoms with Gasteiger partial charge in [0.1, 0.15) is 17.1 Å². The van der Waals surface area contributed by atoms with E-state index in [0.29, 0.717) is 19.1 Å². The summed E-state index contributed by atoms with van der Waals surface area (Å²) < 4.78 is 5.36. The largest absolute Gasteiger partial charge is 0.507 e. The second-order valence-corrected chi connectivity index (χ2v) is 4.45. The first-order valence-electron chi connectivity index (χ1n) is 6.05. The molecule has 0 aromatic heterocycles. The van der Waals surface area contributed by atoms with Gasteiger partial charge in [-0.1, -0.05) is 6.07 Å². The Balaban J connectivity index is 1.76. The van der Waals surface area contributed by atoms with Crippen molar-refractivity contribution >= 4 is 5.91 Å². The molecule has 1 aliphatic rings. The van der Waals surface area contributed by atoms with Gasteiger partial charge in [0.2, 0.25) is 0 Å². The third-order valence-electron chi connectivity index (χ3n) is 2.83. The minimum Gasteiger partial charge on any atom is -0.507 e. The molecule has 0 radical (unpaired) electrons. The Morgan fingerprint density at radius 3 is 2.61 bits per heavy atom. The highest BCUT2D eigenvalue weighted by molar-refractivity contribution is 5.99. The summed E-state index contributed by atoms with van der Waals surface area (Å²) in [5.74, 6) is -0.263. The number of aromatic hydroxyl groups is 2. The van der Waals surface area contributed by atoms with E-state index in [1.165, 1.54) is 31.0 Å². The first-order chi connectivity index (χ1) is 8.68. The molecule has 1 fully saturated rings. The fraction of sp³-hybridized carbons (Fsp3) is 0.462. The van der Waals surface area contributed by atoms with Gasteiger partial charge in [-0.25, -0.2) is 0 Å². The van der Waals surface area contributed by atoms with E-state index < -0.39 is 5.91 Å². The van der Waals surface area contributed by atoms with Crippen molar-refractivity contribution in [3.8, 4) is 11.5 Å². The van der Waals surface area contributed by atoms with Crippen molar-refractivity contribution < 1.29 is 19.7 Å². The van der Waals surface area contributed by atoms with E-state index >= 15 is 0 Å². The van der Waals surface area contributed by atoms with E-state index in [1.807, 2.05) is 0 Å². The molecule has 0 saturated heterocycles. The lowest BCUT2D eigenvalue weighted by molar-refractivity contribution is 0.0901. The summed E-state index contributed by atoms with van der Waals surface area (Å²) >= 11 is 0. The second kappa shape index (κ2) is 5.73. The Bertz CT molecular complexity index is 409. The number of benzene rings is 1. The Morgan fingerprint density at radius 2 is 2.00 bits per heavy atom. The molecule has 5 nitrogen and oxygen atoms in total. The van der Waals surface area contributed by atoms with Crippen molar-refractivity contribution in [1.82, 2.24) is 5.32 Å². The molecule has 0 heterocycles. The predicted octanol–water partition coefficient (Wildman–Crippen LogP) is 1.25. The molecule has 1 amide bonds. The lowest BCUT2D eigenvalue weighted by atomic mass is 10.1. The molecule has 3 N–H and O–H groups in total. The average molecular weight is 251 g/mol. The van der Waals surface area contributed by atoms with Crippen molar-refractivity contribution in [2.75, 3.05) is 19.8 Å². The standard InChI is InChI=1S/C13H17NO4/c15-10-2-1-3-11(16)12(10)13(17)14-6-7-18-8-9-4-5-9/h1-3,9,15-16H,4-8H2,(H,14,17). The van der Waals surface area contributed by atoms with Gasteiger partial charge >= 0.3 is 0 Å². The van der Waals surface area contributed by atoms with Gasteiger partial charge in [-0.05, 0) is 30.9 Å². The van der Waals surface area contributed by atoms with Crippen LogP contribution in [0.5, 0.6) is 11.5 Å². The number of carbonyl (C=O) groups is 1. The zero-order chi connectivity index (χ0) is 13.0. The smallest absolute Gasteiger partial charge is 0.258 e. The first kappa shape index (κ1) is 12.7. The molecule has 2 rings (SSSR count). The number of hydrogen-bond donors (Lipinski definition) is 3. The molecular formula is C13H17NO4. The van der Waals surface area contributed by atoms with Crippen LogP contribution >= 0.6 is 0 Å². The number of hydrogen-bond acceptors (Lipinski definition) is 4. The van der Waals surface area contributed by atoms with Crippen molar-refractivity contribution in [3.63, 3.8) is 0 Å². The summed E-state index contributed by atoms with van der Waals surface area (Å²) in [6.45, 7) is 1.55. The van der Waals surface area contributed by atoms with Crippen molar-refractivity contribution in [2.45, 2.75) is 12.8 Å². The van der Waals surface area contributed by atoms with E-state index in [4.69, 9.17) is 4.74 Å². The molecule has 1 saturated carbocycles. The van der Waals surface area contributed by atoms with Gasteiger partial charge in [0.05, 0.1) is 6.61 Å². The van der Waals surface area contributed by atoms with Crippen LogP contribution in [0.25, 0.3) is 0 Å². The van der Waals surface area contributed by atoms with E-state index in [0.717, 1.165) is 6.61 Å². The first-order valence-corrected chi connectivity index (χ1v) is 6.05. The van der Waals surface area contributed by atoms with Gasteiger partial charge in [0.15, 0.2) is 0 Å². The molecule has 5 heteroatoms. The van der Waals surface area contributed by atoms with Crippen molar-refractivity contribution in [2.24, 2.45) is 5.92 Å². The number of rotatable bonds is 6. The molecule has 0 aliphatic heterocycles. The van der Waals surface area contributed by atoms with Crippen LogP contribution in [-0.4, -0.2) is 35.9 Å². The Kier molecular flexibility index (Phi) is 4.04. The van der Waals surface area contributed by atoms with Gasteiger partial charge < -0.3 is 20.3 Å². The molecule has 0 bridgehead atoms. The summed E-state index contributed by atoms with van der Waals surface area (Å²) in [5.41, 5.74) is -0.0975. The summed E-state index contributed by atoms with van der Waals surface area (Å²) in [6, 6.07) is 4.19. The molecule has 1 aromatic carbocycles. The molecular weight excluding hydrogens is 234 g/mol. The average Bonchev–Trinajstić information content (AvgIpc) is 3.12. The van der Waals surface area contributed by atoms with Crippen molar-refractivity contribution in [3.05, 3.63) is 23.8 Å². The second-order valence-electron chi connectivity index (χ2n) is 4.45. The SMILES string of the molecule is O=C(NCCOCC1CC1)c1c(O)cccc1O. The van der Waals surface area contributed by atoms with Crippen LogP contribution in [0.15, 0.2) is 18.2 Å². The third-order valence-corrected chi connectivity index (χ3v) is 2.83. The summed E-state index contributed by atoms with van der Waals surface area (Å²) in [5, 5.41) is 21.6. The lowest BCUT2D eigenvalue weighted by Crippen LogP contribution is -2.27. The van der Waals surface area contributed by atoms with Gasteiger partial charge in [-0.3, -0.25) is 4.79 Å². The van der Waals surface area contributed by atoms with E-state index in [9.17, 15) is 15.0 Å². The van der Waals surface area contributed by atoms with Gasteiger partial charge in [0.25, 0.3) is 5.91 Å². The monoisotopic (exact) mass is 251 g/mol. The van der Waals surface area contributed by atoms with E-state index in [1.54, 1.807) is 0 Å². The third kappa shape index (κ3) is 3.37. The van der Waals surface area contributed by atoms with Crippen LogP contribution in [0.3, 0.4) is 0 Å². The normalized spacial score (nSPS) is 14.4. The fourth-order valence-electron chi connectivity index (χ4n) is 1.62. The van der Waals surface area contributed by atoms with Crippen LogP contribution < -0.4 is 5.32 Å². The molecule has 98 valence electrons. The molecule has 0 spiro atoms. The number of nitrogens with one attached hydrogen (secondary N) is 1. The van der Waals surface area contributed by atoms with Gasteiger partial charge in [-0.15, -0.1) is 0 Å². The maximum Gasteiger partial charge on any atom is 0.258 e. The zero-order valence-corrected chi connectivity index (χ0v) is 10.1. The maximum absolute atomic E-state index is 11.7. The Morgan fingerprint density at radius 1 is 1.33 bits per heavy atom. The Labute approximate surface area is 105 Å². The molecule has 0 unspecified atom stereocenters. The van der Waals surface area contributed by atoms with Crippen LogP contribution in [0.1, 0.15) is 23.2 Å². The topological polar surface area (TPSA) is 78.8 Å². The quantitative estimate of drug-likeness (QED) is 0.665. The number of amides is 1. The number of carbonyl (C=O) groups excluding carboxylic acids is 1. The van der Waals surface area contributed by atoms with Crippen LogP contribution in [0.4, 0.5) is 0 Å². The van der Waals surface area contributed by atoms with Crippen molar-refractivity contribution in [1.29, 1.82) is 0 Å². The predicted molar refractivity (Wildman–Crippen MR) is 65.6 cm³/mol. The fourth-order valence-corrected chi connectivity index (χ4v) is 1.62. The summed E-state index contributed by atoms with van der Waals surface area (Å²) in [4.78, 5) is 11.7. The minimum atomic E-state index is -0.499. The summed E-state index contributed by atoms with van der Waals surface area (Å²) in [6.07, 6.45) is 2.47. The van der Waals surface area contributed by atoms with Crippen LogP contribution in [0.2, 0.25) is 0 Å². The molecule has 18 heavy (non-hydrogen) atoms. The minimum absolute atomic E-state index is 0.0975. The number of phenolic OH excluding ortho intramolecular Hbond substituents is 2. The van der Waals surface area contributed by atoms with E-state index in [2.05, 4.69) is 5.32 Å². The highest BCUT2D eigenvalue weighted by atomic mass is 16.5. The molecule has 0 atom stereocenters. The van der Waals surface area contributed by atoms with Gasteiger partial charge in [-0.2, -0.15) is 0 Å². The lowest BCUT2D eigenvalue weighted by Gasteiger charge is -2.08. The highest BCUT2D eigenvalue weighted by Gasteiger charge is 2.21. The highest BCUT2D eigenvalue weighted by Crippen LogP contribution is 2.28. The molecule has 1 aliphatic carbocycles. The van der Waals surface area contributed by atoms with Crippen LogP contribution in [0, 0.1) is 5.92 Å². The maximum atomic E-state index is 11.7. The van der Waals surface area contributed by atoms with Crippen LogP contribution in [-0.2, 0) is 4.74 Å². The zero-order valence-electron chi connectivity index (χ0n) is 10.1. The van der Waals surface area contributed by atoms with Gasteiger partial charge in [0, 0.05) is 13.2 Å². The Hall–Kier alpha value is -1.75. The van der Waals surface area contributed by atoms with E-state index in [-0.39, 0.29) is 17.1 Å². The number of ether oxygens (including phenoxy) is 1.